The molecule has 2 aliphatic rings. The maximum atomic E-state index is 12.9. The van der Waals surface area contributed by atoms with E-state index in [1.165, 1.54) is 6.42 Å². The fourth-order valence-corrected chi connectivity index (χ4v) is 5.57. The highest BCUT2D eigenvalue weighted by Gasteiger charge is 2.49. The summed E-state index contributed by atoms with van der Waals surface area (Å²) in [6, 6.07) is 5.02. The van der Waals surface area contributed by atoms with Crippen LogP contribution in [0.2, 0.25) is 0 Å². The number of fused-ring (bicyclic) bond motifs is 1. The number of nitrogens with zero attached hydrogens (tertiary/aromatic N) is 2. The SMILES string of the molecule is CC1CC2(CCC2)CN1S(=O)(=O)c1ccc2oncc2c1. The van der Waals surface area contributed by atoms with Gasteiger partial charge in [0, 0.05) is 18.0 Å². The molecule has 0 radical (unpaired) electrons. The smallest absolute Gasteiger partial charge is 0.243 e. The Balaban J connectivity index is 1.72. The van der Waals surface area contributed by atoms with Gasteiger partial charge in [-0.25, -0.2) is 8.42 Å². The molecule has 1 saturated heterocycles. The van der Waals surface area contributed by atoms with Gasteiger partial charge in [0.15, 0.2) is 5.58 Å². The summed E-state index contributed by atoms with van der Waals surface area (Å²) in [5.74, 6) is 0. The van der Waals surface area contributed by atoms with Gasteiger partial charge in [0.1, 0.15) is 0 Å². The summed E-state index contributed by atoms with van der Waals surface area (Å²) in [5, 5.41) is 4.42. The van der Waals surface area contributed by atoms with Gasteiger partial charge in [-0.3, -0.25) is 0 Å². The first kappa shape index (κ1) is 13.3. The zero-order chi connectivity index (χ0) is 14.7. The molecule has 2 heterocycles. The molecule has 0 N–H and O–H groups in total. The van der Waals surface area contributed by atoms with Gasteiger partial charge in [-0.05, 0) is 49.8 Å². The summed E-state index contributed by atoms with van der Waals surface area (Å²) >= 11 is 0. The number of benzene rings is 1. The van der Waals surface area contributed by atoms with Gasteiger partial charge < -0.3 is 4.52 Å². The van der Waals surface area contributed by atoms with E-state index >= 15 is 0 Å². The summed E-state index contributed by atoms with van der Waals surface area (Å²) in [4.78, 5) is 0.335. The molecule has 0 amide bonds. The fourth-order valence-electron chi connectivity index (χ4n) is 3.79. The van der Waals surface area contributed by atoms with Gasteiger partial charge in [-0.15, -0.1) is 0 Å². The summed E-state index contributed by atoms with van der Waals surface area (Å²) in [5.41, 5.74) is 0.854. The molecular formula is C15H18N2O3S. The monoisotopic (exact) mass is 306 g/mol. The Morgan fingerprint density at radius 2 is 2.19 bits per heavy atom. The van der Waals surface area contributed by atoms with E-state index in [2.05, 4.69) is 5.16 Å². The van der Waals surface area contributed by atoms with Crippen LogP contribution < -0.4 is 0 Å². The Morgan fingerprint density at radius 1 is 1.38 bits per heavy atom. The molecule has 5 nitrogen and oxygen atoms in total. The highest BCUT2D eigenvalue weighted by molar-refractivity contribution is 7.89. The molecule has 1 aliphatic heterocycles. The van der Waals surface area contributed by atoms with E-state index in [1.807, 2.05) is 6.92 Å². The molecule has 4 rings (SSSR count). The molecule has 2 aromatic rings. The molecule has 1 saturated carbocycles. The predicted octanol–water partition coefficient (Wildman–Crippen LogP) is 2.78. The standard InChI is InChI=1S/C15H18N2O3S/c1-11-8-15(5-2-6-15)10-17(11)21(18,19)13-3-4-14-12(7-13)9-16-20-14/h3-4,7,9,11H,2,5-6,8,10H2,1H3. The molecule has 1 aromatic carbocycles. The van der Waals surface area contributed by atoms with Crippen molar-refractivity contribution in [1.82, 2.24) is 9.46 Å². The summed E-state index contributed by atoms with van der Waals surface area (Å²) < 4.78 is 32.5. The van der Waals surface area contributed by atoms with E-state index in [9.17, 15) is 8.42 Å². The van der Waals surface area contributed by atoms with E-state index in [0.29, 0.717) is 17.0 Å². The molecule has 1 unspecified atom stereocenters. The number of hydrogen-bond acceptors (Lipinski definition) is 4. The number of rotatable bonds is 2. The van der Waals surface area contributed by atoms with Gasteiger partial charge in [0.25, 0.3) is 0 Å². The van der Waals surface area contributed by atoms with Crippen molar-refractivity contribution >= 4 is 21.0 Å². The lowest BCUT2D eigenvalue weighted by atomic mass is 9.68. The second kappa shape index (κ2) is 4.30. The van der Waals surface area contributed by atoms with Crippen molar-refractivity contribution in [3.8, 4) is 0 Å². The topological polar surface area (TPSA) is 63.4 Å². The first-order valence-corrected chi connectivity index (χ1v) is 8.81. The molecule has 1 aliphatic carbocycles. The van der Waals surface area contributed by atoms with Crippen LogP contribution >= 0.6 is 0 Å². The average Bonchev–Trinajstić information content (AvgIpc) is 3.01. The van der Waals surface area contributed by atoms with E-state index in [-0.39, 0.29) is 11.5 Å². The maximum Gasteiger partial charge on any atom is 0.243 e. The largest absolute Gasteiger partial charge is 0.356 e. The second-order valence-electron chi connectivity index (χ2n) is 6.48. The van der Waals surface area contributed by atoms with Crippen LogP contribution in [0.1, 0.15) is 32.6 Å². The van der Waals surface area contributed by atoms with Crippen molar-refractivity contribution in [2.45, 2.75) is 43.5 Å². The molecule has 2 fully saturated rings. The van der Waals surface area contributed by atoms with E-state index in [4.69, 9.17) is 4.52 Å². The quantitative estimate of drug-likeness (QED) is 0.856. The second-order valence-corrected chi connectivity index (χ2v) is 8.37. The van der Waals surface area contributed by atoms with Gasteiger partial charge in [-0.1, -0.05) is 11.6 Å². The normalized spacial score (nSPS) is 25.5. The van der Waals surface area contributed by atoms with Gasteiger partial charge in [-0.2, -0.15) is 4.31 Å². The van der Waals surface area contributed by atoms with Crippen molar-refractivity contribution in [2.24, 2.45) is 5.41 Å². The molecule has 1 aromatic heterocycles. The Hall–Kier alpha value is -1.40. The van der Waals surface area contributed by atoms with Crippen LogP contribution in [0.15, 0.2) is 33.8 Å². The lowest BCUT2D eigenvalue weighted by Crippen LogP contribution is -2.37. The Kier molecular flexibility index (Phi) is 2.72. The zero-order valence-electron chi connectivity index (χ0n) is 11.9. The van der Waals surface area contributed by atoms with Crippen molar-refractivity contribution in [3.63, 3.8) is 0 Å². The van der Waals surface area contributed by atoms with E-state index < -0.39 is 10.0 Å². The number of sulfonamides is 1. The van der Waals surface area contributed by atoms with Gasteiger partial charge in [0.2, 0.25) is 10.0 Å². The third-order valence-corrected chi connectivity index (χ3v) is 7.01. The van der Waals surface area contributed by atoms with Crippen LogP contribution in [-0.2, 0) is 10.0 Å². The van der Waals surface area contributed by atoms with E-state index in [0.717, 1.165) is 24.6 Å². The molecule has 6 heteroatoms. The fraction of sp³-hybridized carbons (Fsp3) is 0.533. The molecule has 1 spiro atoms. The third-order valence-electron chi connectivity index (χ3n) is 5.06. The zero-order valence-corrected chi connectivity index (χ0v) is 12.8. The lowest BCUT2D eigenvalue weighted by Gasteiger charge is -2.38. The maximum absolute atomic E-state index is 12.9. The first-order chi connectivity index (χ1) is 10.0. The Bertz CT molecular complexity index is 792. The van der Waals surface area contributed by atoms with Crippen LogP contribution in [-0.4, -0.2) is 30.5 Å². The highest BCUT2D eigenvalue weighted by Crippen LogP contribution is 2.51. The summed E-state index contributed by atoms with van der Waals surface area (Å²) in [7, 11) is -3.44. The number of aromatic nitrogens is 1. The Morgan fingerprint density at radius 3 is 2.86 bits per heavy atom. The average molecular weight is 306 g/mol. The van der Waals surface area contributed by atoms with E-state index in [1.54, 1.807) is 28.7 Å². The van der Waals surface area contributed by atoms with Crippen LogP contribution in [0.5, 0.6) is 0 Å². The van der Waals surface area contributed by atoms with Gasteiger partial charge in [0.05, 0.1) is 11.1 Å². The van der Waals surface area contributed by atoms with Crippen LogP contribution in [0.4, 0.5) is 0 Å². The first-order valence-electron chi connectivity index (χ1n) is 7.37. The van der Waals surface area contributed by atoms with Crippen LogP contribution in [0.25, 0.3) is 11.0 Å². The minimum absolute atomic E-state index is 0.0773. The van der Waals surface area contributed by atoms with Crippen molar-refractivity contribution < 1.29 is 12.9 Å². The van der Waals surface area contributed by atoms with Gasteiger partial charge >= 0.3 is 0 Å². The Labute approximate surface area is 124 Å². The minimum atomic E-state index is -3.44. The van der Waals surface area contributed by atoms with Crippen molar-refractivity contribution in [2.75, 3.05) is 6.54 Å². The molecule has 21 heavy (non-hydrogen) atoms. The van der Waals surface area contributed by atoms with Crippen LogP contribution in [0, 0.1) is 5.41 Å². The molecular weight excluding hydrogens is 288 g/mol. The number of hydrogen-bond donors (Lipinski definition) is 0. The minimum Gasteiger partial charge on any atom is -0.356 e. The molecule has 112 valence electrons. The third kappa shape index (κ3) is 1.92. The van der Waals surface area contributed by atoms with Crippen molar-refractivity contribution in [1.29, 1.82) is 0 Å². The summed E-state index contributed by atoms with van der Waals surface area (Å²) in [6.07, 6.45) is 6.09. The van der Waals surface area contributed by atoms with Crippen molar-refractivity contribution in [3.05, 3.63) is 24.4 Å². The van der Waals surface area contributed by atoms with Crippen LogP contribution in [0.3, 0.4) is 0 Å². The molecule has 1 atom stereocenters. The highest BCUT2D eigenvalue weighted by atomic mass is 32.2. The molecule has 0 bridgehead atoms. The summed E-state index contributed by atoms with van der Waals surface area (Å²) in [6.45, 7) is 2.68. The lowest BCUT2D eigenvalue weighted by molar-refractivity contribution is 0.152. The predicted molar refractivity (Wildman–Crippen MR) is 78.3 cm³/mol.